The monoisotopic (exact) mass is 716 g/mol. The van der Waals surface area contributed by atoms with Gasteiger partial charge in [0.25, 0.3) is 0 Å². The average molecular weight is 716 g/mol. The van der Waals surface area contributed by atoms with E-state index in [1.54, 1.807) is 13.8 Å². The molecule has 0 aromatic carbocycles. The number of fused-ring (bicyclic) bond motifs is 2. The van der Waals surface area contributed by atoms with Crippen LogP contribution in [0.5, 0.6) is 0 Å². The Bertz CT molecular complexity index is 1530. The predicted octanol–water partition coefficient (Wildman–Crippen LogP) is 9.77. The van der Waals surface area contributed by atoms with E-state index in [0.717, 1.165) is 28.2 Å². The van der Waals surface area contributed by atoms with Gasteiger partial charge >= 0.3 is 0 Å². The fraction of sp³-hybridized carbons (Fsp3) is 0.723. The van der Waals surface area contributed by atoms with Gasteiger partial charge in [-0.3, -0.25) is 14.4 Å². The number of rotatable bonds is 11. The van der Waals surface area contributed by atoms with Crippen LogP contribution in [0.3, 0.4) is 0 Å². The Morgan fingerprint density at radius 1 is 0.788 bits per heavy atom. The second kappa shape index (κ2) is 15.0. The molecule has 6 bridgehead atoms. The summed E-state index contributed by atoms with van der Waals surface area (Å²) >= 11 is 0. The molecular formula is C47H73NO4. The minimum atomic E-state index is -1.87. The van der Waals surface area contributed by atoms with Crippen molar-refractivity contribution in [1.82, 2.24) is 0 Å². The first-order valence-electron chi connectivity index (χ1n) is 20.3. The zero-order chi connectivity index (χ0) is 39.2. The van der Waals surface area contributed by atoms with Gasteiger partial charge in [-0.1, -0.05) is 81.2 Å². The summed E-state index contributed by atoms with van der Waals surface area (Å²) in [5.74, 6) is -1.37. The van der Waals surface area contributed by atoms with E-state index in [1.165, 1.54) is 38.5 Å². The summed E-state index contributed by atoms with van der Waals surface area (Å²) in [5.41, 5.74) is 6.53. The highest BCUT2D eigenvalue weighted by molar-refractivity contribution is 6.33. The summed E-state index contributed by atoms with van der Waals surface area (Å²) in [5, 5.41) is 14.4. The van der Waals surface area contributed by atoms with Crippen molar-refractivity contribution in [3.63, 3.8) is 0 Å². The molecule has 4 unspecified atom stereocenters. The fourth-order valence-electron chi connectivity index (χ4n) is 12.4. The van der Waals surface area contributed by atoms with Gasteiger partial charge in [0.1, 0.15) is 0 Å². The first kappa shape index (κ1) is 42.2. The zero-order valence-electron chi connectivity index (χ0n) is 35.4. The molecule has 5 heteroatoms. The van der Waals surface area contributed by atoms with Crippen LogP contribution in [0.4, 0.5) is 0 Å². The van der Waals surface area contributed by atoms with Crippen LogP contribution >= 0.6 is 0 Å². The minimum Gasteiger partial charge on any atom is -0.874 e. The quantitative estimate of drug-likeness (QED) is 0.170. The number of carbonyl (C=O) groups excluding carboxylic acids is 3. The second-order valence-corrected chi connectivity index (χ2v) is 20.6. The molecule has 5 saturated carbocycles. The zero-order valence-corrected chi connectivity index (χ0v) is 35.4. The third kappa shape index (κ3) is 7.69. The van der Waals surface area contributed by atoms with Crippen LogP contribution < -0.4 is 10.8 Å². The summed E-state index contributed by atoms with van der Waals surface area (Å²) < 4.78 is 0. The van der Waals surface area contributed by atoms with Crippen LogP contribution in [0.15, 0.2) is 57.9 Å². The van der Waals surface area contributed by atoms with Gasteiger partial charge < -0.3 is 10.8 Å². The molecule has 0 aromatic heterocycles. The number of Topliss-reactive ketones (excluding diaryl/α,β-unsaturated/α-hetero) is 3. The summed E-state index contributed by atoms with van der Waals surface area (Å²) in [6.07, 6.45) is 19.3. The molecule has 3 N–H and O–H groups in total. The van der Waals surface area contributed by atoms with E-state index in [2.05, 4.69) is 31.7 Å². The Hall–Kier alpha value is -2.53. The van der Waals surface area contributed by atoms with E-state index in [4.69, 9.17) is 0 Å². The molecule has 0 aromatic rings. The number of ketones is 3. The van der Waals surface area contributed by atoms with Gasteiger partial charge in [0.05, 0.1) is 5.54 Å². The number of hydrogen-bond donors (Lipinski definition) is 1. The Labute approximate surface area is 317 Å². The van der Waals surface area contributed by atoms with E-state index in [9.17, 15) is 19.5 Å². The molecule has 6 aliphatic rings. The Morgan fingerprint density at radius 3 is 1.79 bits per heavy atom. The summed E-state index contributed by atoms with van der Waals surface area (Å²) in [4.78, 5) is 44.2. The number of quaternary nitrogens is 1. The van der Waals surface area contributed by atoms with Gasteiger partial charge in [-0.05, 0) is 147 Å². The van der Waals surface area contributed by atoms with Gasteiger partial charge in [0, 0.05) is 30.6 Å². The third-order valence-corrected chi connectivity index (χ3v) is 13.7. The topological polar surface area (TPSA) is 102 Å². The molecule has 0 spiro atoms. The summed E-state index contributed by atoms with van der Waals surface area (Å²) in [6, 6.07) is 0. The predicted molar refractivity (Wildman–Crippen MR) is 212 cm³/mol. The molecule has 5 fully saturated rings. The second-order valence-electron chi connectivity index (χ2n) is 20.6. The van der Waals surface area contributed by atoms with E-state index >= 15 is 0 Å². The van der Waals surface area contributed by atoms with Crippen molar-refractivity contribution in [2.45, 2.75) is 173 Å². The molecule has 0 heterocycles. The Balaban J connectivity index is 0.000000381. The SMILES string of the molecule is CC(C)=CCC[C@]1(C)C(CC=C(C)C)C[C@@]2(CC=C(C)C)C(=O)[C@]1(C(=O)C(C)C)C(=O)C(CC=C(C)C)=C2[O-].CC12CC3CC([NH3+])(C1)C[C@@](C)(C3)C2. The minimum absolute atomic E-state index is 0.126. The molecule has 8 atom stereocenters. The fourth-order valence-corrected chi connectivity index (χ4v) is 12.4. The van der Waals surface area contributed by atoms with Gasteiger partial charge in [-0.2, -0.15) is 0 Å². The van der Waals surface area contributed by atoms with E-state index in [0.29, 0.717) is 42.1 Å². The molecule has 0 aliphatic heterocycles. The Morgan fingerprint density at radius 2 is 1.33 bits per heavy atom. The van der Waals surface area contributed by atoms with Crippen LogP contribution in [-0.4, -0.2) is 22.9 Å². The van der Waals surface area contributed by atoms with Gasteiger partial charge in [0.15, 0.2) is 22.8 Å². The molecule has 5 nitrogen and oxygen atoms in total. The van der Waals surface area contributed by atoms with Gasteiger partial charge in [-0.15, -0.1) is 5.76 Å². The lowest BCUT2D eigenvalue weighted by molar-refractivity contribution is -0.514. The van der Waals surface area contributed by atoms with Crippen molar-refractivity contribution in [3.05, 3.63) is 57.9 Å². The number of allylic oxidation sites excluding steroid dienone is 10. The molecule has 52 heavy (non-hydrogen) atoms. The van der Waals surface area contributed by atoms with Crippen molar-refractivity contribution >= 4 is 17.3 Å². The smallest absolute Gasteiger partial charge is 0.179 e. The molecule has 6 rings (SSSR count). The van der Waals surface area contributed by atoms with Crippen molar-refractivity contribution in [1.29, 1.82) is 0 Å². The van der Waals surface area contributed by atoms with Crippen LogP contribution in [0.25, 0.3) is 0 Å². The van der Waals surface area contributed by atoms with Crippen LogP contribution in [0.2, 0.25) is 0 Å². The van der Waals surface area contributed by atoms with Crippen molar-refractivity contribution in [2.24, 2.45) is 44.8 Å². The van der Waals surface area contributed by atoms with E-state index in [1.807, 2.05) is 74.5 Å². The number of carbonyl (C=O) groups is 3. The molecule has 0 radical (unpaired) electrons. The maximum Gasteiger partial charge on any atom is 0.179 e. The average Bonchev–Trinajstić information content (AvgIpc) is 2.97. The first-order valence-corrected chi connectivity index (χ1v) is 20.3. The lowest BCUT2D eigenvalue weighted by Gasteiger charge is -2.63. The largest absolute Gasteiger partial charge is 0.874 e. The maximum absolute atomic E-state index is 15.0. The van der Waals surface area contributed by atoms with Crippen molar-refractivity contribution in [3.8, 4) is 0 Å². The molecule has 0 amide bonds. The molecular weight excluding hydrogens is 643 g/mol. The molecule has 0 saturated heterocycles. The van der Waals surface area contributed by atoms with Crippen LogP contribution in [-0.2, 0) is 14.4 Å². The van der Waals surface area contributed by atoms with Crippen molar-refractivity contribution in [2.75, 3.05) is 0 Å². The normalized spacial score (nSPS) is 37.3. The van der Waals surface area contributed by atoms with Crippen LogP contribution in [0.1, 0.15) is 167 Å². The van der Waals surface area contributed by atoms with Crippen LogP contribution in [0, 0.1) is 44.8 Å². The highest BCUT2D eigenvalue weighted by Crippen LogP contribution is 2.67. The molecule has 290 valence electrons. The summed E-state index contributed by atoms with van der Waals surface area (Å²) in [7, 11) is 0. The van der Waals surface area contributed by atoms with E-state index < -0.39 is 33.7 Å². The highest BCUT2D eigenvalue weighted by Gasteiger charge is 2.74. The third-order valence-electron chi connectivity index (χ3n) is 13.7. The number of hydrogen-bond acceptors (Lipinski definition) is 4. The first-order chi connectivity index (χ1) is 23.9. The lowest BCUT2D eigenvalue weighted by Crippen LogP contribution is -2.80. The lowest BCUT2D eigenvalue weighted by atomic mass is 9.38. The van der Waals surface area contributed by atoms with Gasteiger partial charge in [0.2, 0.25) is 0 Å². The standard InChI is InChI=1S/C35H52O4.C12H21N/c1-22(2)13-12-19-33(11)27(16-14-23(3)4)21-34(20-18-25(7)8)30(37)28(17-15-24(5)6)31(38)35(33,32(34)39)29(36)26(9)10;1-10-3-9-4-11(2,6-10)8-12(13,5-9)7-10/h13-15,18,26-27,37H,12,16-17,19-21H2,1-11H3;9H,3-8,13H2,1-2H3/t27?,33-,34-,35+;9?,10-,11?,12?/m10/s1. The van der Waals surface area contributed by atoms with E-state index in [-0.39, 0.29) is 35.9 Å². The van der Waals surface area contributed by atoms with Gasteiger partial charge in [-0.25, -0.2) is 0 Å². The maximum atomic E-state index is 15.0. The summed E-state index contributed by atoms with van der Waals surface area (Å²) in [6.45, 7) is 26.4. The molecule has 6 aliphatic carbocycles. The Kier molecular flexibility index (Phi) is 12.1. The highest BCUT2D eigenvalue weighted by atomic mass is 16.3. The van der Waals surface area contributed by atoms with Crippen molar-refractivity contribution < 1.29 is 25.2 Å².